The zero-order valence-corrected chi connectivity index (χ0v) is 16.1. The van der Waals surface area contributed by atoms with Gasteiger partial charge in [0, 0.05) is 17.6 Å². The molecule has 2 rings (SSSR count). The smallest absolute Gasteiger partial charge is 0.0342 e. The van der Waals surface area contributed by atoms with E-state index in [0.29, 0.717) is 7.85 Å². The number of halogens is 2. The quantitative estimate of drug-likeness (QED) is 0.332. The van der Waals surface area contributed by atoms with Gasteiger partial charge in [0.05, 0.1) is 0 Å². The van der Waals surface area contributed by atoms with Crippen LogP contribution >= 0.6 is 56.9 Å². The Morgan fingerprint density at radius 1 is 0.737 bits per heavy atom. The predicted molar refractivity (Wildman–Crippen MR) is 102 cm³/mol. The standard InChI is InChI=1S/C16H16I2S/c1-11(17)13-7-3-5-9-15(13)19-16-10-6-4-8-14(16)12(2)18/h3-12H,1-2H3. The molecule has 0 amide bonds. The molecule has 0 aliphatic rings. The maximum atomic E-state index is 2.48. The van der Waals surface area contributed by atoms with Gasteiger partial charge in [-0.15, -0.1) is 0 Å². The van der Waals surface area contributed by atoms with E-state index in [1.165, 1.54) is 20.9 Å². The SMILES string of the molecule is CC(I)c1ccccc1Sc1ccccc1C(C)I. The molecule has 0 saturated carbocycles. The van der Waals surface area contributed by atoms with Crippen LogP contribution in [0.15, 0.2) is 58.3 Å². The molecule has 0 bridgehead atoms. The lowest BCUT2D eigenvalue weighted by molar-refractivity contribution is 1.07. The van der Waals surface area contributed by atoms with Crippen molar-refractivity contribution in [2.24, 2.45) is 0 Å². The second-order valence-corrected chi connectivity index (χ2v) is 9.23. The fourth-order valence-electron chi connectivity index (χ4n) is 1.92. The third-order valence-electron chi connectivity index (χ3n) is 2.92. The Hall–Kier alpha value is 0.250. The molecule has 100 valence electrons. The summed E-state index contributed by atoms with van der Waals surface area (Å²) < 4.78 is 1.07. The maximum Gasteiger partial charge on any atom is 0.0342 e. The number of benzene rings is 2. The normalized spacial score (nSPS) is 14.1. The van der Waals surface area contributed by atoms with Crippen molar-refractivity contribution in [3.63, 3.8) is 0 Å². The van der Waals surface area contributed by atoms with E-state index in [9.17, 15) is 0 Å². The minimum absolute atomic E-state index is 0.533. The number of alkyl halides is 2. The van der Waals surface area contributed by atoms with Gasteiger partial charge in [0.1, 0.15) is 0 Å². The molecule has 0 saturated heterocycles. The third-order valence-corrected chi connectivity index (χ3v) is 5.44. The molecule has 0 nitrogen and oxygen atoms in total. The van der Waals surface area contributed by atoms with E-state index in [1.807, 2.05) is 11.8 Å². The summed E-state index contributed by atoms with van der Waals surface area (Å²) >= 11 is 6.86. The van der Waals surface area contributed by atoms with Crippen LogP contribution in [0.25, 0.3) is 0 Å². The highest BCUT2D eigenvalue weighted by Gasteiger charge is 2.12. The first-order valence-electron chi connectivity index (χ1n) is 6.23. The summed E-state index contributed by atoms with van der Waals surface area (Å²) in [5, 5.41) is 0. The van der Waals surface area contributed by atoms with Gasteiger partial charge in [0.25, 0.3) is 0 Å². The molecule has 0 aromatic heterocycles. The van der Waals surface area contributed by atoms with Gasteiger partial charge < -0.3 is 0 Å². The van der Waals surface area contributed by atoms with Crippen LogP contribution in [0.4, 0.5) is 0 Å². The molecule has 2 unspecified atom stereocenters. The lowest BCUT2D eigenvalue weighted by atomic mass is 10.2. The van der Waals surface area contributed by atoms with Crippen LogP contribution in [-0.2, 0) is 0 Å². The highest BCUT2D eigenvalue weighted by Crippen LogP contribution is 2.40. The van der Waals surface area contributed by atoms with Gasteiger partial charge in [-0.25, -0.2) is 0 Å². The topological polar surface area (TPSA) is 0 Å². The molecule has 0 radical (unpaired) electrons. The van der Waals surface area contributed by atoms with Crippen molar-refractivity contribution in [3.05, 3.63) is 59.7 Å². The van der Waals surface area contributed by atoms with Gasteiger partial charge in [0.2, 0.25) is 0 Å². The van der Waals surface area contributed by atoms with Gasteiger partial charge >= 0.3 is 0 Å². The average Bonchev–Trinajstić information content (AvgIpc) is 2.39. The molecule has 0 heterocycles. The summed E-state index contributed by atoms with van der Waals surface area (Å²) in [6, 6.07) is 17.4. The minimum atomic E-state index is 0.533. The first-order valence-corrected chi connectivity index (χ1v) is 9.54. The molecular formula is C16H16I2S. The van der Waals surface area contributed by atoms with Crippen LogP contribution in [0.1, 0.15) is 32.8 Å². The molecule has 0 N–H and O–H groups in total. The fourth-order valence-corrected chi connectivity index (χ4v) is 4.69. The molecule has 0 aliphatic heterocycles. The Morgan fingerprint density at radius 2 is 1.11 bits per heavy atom. The molecular weight excluding hydrogens is 478 g/mol. The Bertz CT molecular complexity index is 500. The van der Waals surface area contributed by atoms with Crippen molar-refractivity contribution < 1.29 is 0 Å². The van der Waals surface area contributed by atoms with E-state index in [0.717, 1.165) is 0 Å². The average molecular weight is 494 g/mol. The molecule has 2 aromatic rings. The predicted octanol–water partition coefficient (Wildman–Crippen LogP) is 6.83. The Morgan fingerprint density at radius 3 is 1.47 bits per heavy atom. The van der Waals surface area contributed by atoms with Crippen molar-refractivity contribution in [1.29, 1.82) is 0 Å². The Balaban J connectivity index is 2.37. The zero-order chi connectivity index (χ0) is 13.8. The number of hydrogen-bond acceptors (Lipinski definition) is 1. The number of hydrogen-bond donors (Lipinski definition) is 0. The second kappa shape index (κ2) is 7.31. The fraction of sp³-hybridized carbons (Fsp3) is 0.250. The van der Waals surface area contributed by atoms with Crippen molar-refractivity contribution in [2.45, 2.75) is 31.5 Å². The van der Waals surface area contributed by atoms with Gasteiger partial charge in [0.15, 0.2) is 0 Å². The highest BCUT2D eigenvalue weighted by atomic mass is 127. The summed E-state index contributed by atoms with van der Waals surface area (Å²) in [5.41, 5.74) is 2.84. The Labute approximate surface area is 147 Å². The highest BCUT2D eigenvalue weighted by molar-refractivity contribution is 14.1. The molecule has 2 atom stereocenters. The molecule has 2 aromatic carbocycles. The molecule has 0 fully saturated rings. The largest absolute Gasteiger partial charge is 0.0894 e. The van der Waals surface area contributed by atoms with Gasteiger partial charge in [-0.1, -0.05) is 93.3 Å². The van der Waals surface area contributed by atoms with Crippen LogP contribution in [0.3, 0.4) is 0 Å². The Kier molecular flexibility index (Phi) is 6.02. The van der Waals surface area contributed by atoms with Crippen molar-refractivity contribution >= 4 is 56.9 Å². The van der Waals surface area contributed by atoms with E-state index in [1.54, 1.807) is 0 Å². The summed E-state index contributed by atoms with van der Waals surface area (Å²) in [6.45, 7) is 4.49. The summed E-state index contributed by atoms with van der Waals surface area (Å²) in [4.78, 5) is 2.74. The van der Waals surface area contributed by atoms with Gasteiger partial charge in [-0.2, -0.15) is 0 Å². The molecule has 0 spiro atoms. The van der Waals surface area contributed by atoms with E-state index >= 15 is 0 Å². The van der Waals surface area contributed by atoms with Gasteiger partial charge in [-0.3, -0.25) is 0 Å². The van der Waals surface area contributed by atoms with Crippen molar-refractivity contribution in [3.8, 4) is 0 Å². The van der Waals surface area contributed by atoms with Crippen LogP contribution in [-0.4, -0.2) is 0 Å². The third kappa shape index (κ3) is 4.11. The van der Waals surface area contributed by atoms with Crippen LogP contribution in [0, 0.1) is 0 Å². The maximum absolute atomic E-state index is 2.48. The molecule has 19 heavy (non-hydrogen) atoms. The second-order valence-electron chi connectivity index (χ2n) is 4.41. The van der Waals surface area contributed by atoms with Crippen LogP contribution < -0.4 is 0 Å². The van der Waals surface area contributed by atoms with Crippen molar-refractivity contribution in [2.75, 3.05) is 0 Å². The molecule has 0 aliphatic carbocycles. The van der Waals surface area contributed by atoms with Gasteiger partial charge in [-0.05, 0) is 37.1 Å². The lowest BCUT2D eigenvalue weighted by Crippen LogP contribution is -1.91. The monoisotopic (exact) mass is 494 g/mol. The van der Waals surface area contributed by atoms with E-state index in [4.69, 9.17) is 0 Å². The van der Waals surface area contributed by atoms with E-state index < -0.39 is 0 Å². The first-order chi connectivity index (χ1) is 9.09. The minimum Gasteiger partial charge on any atom is -0.0894 e. The summed E-state index contributed by atoms with van der Waals surface area (Å²) in [7, 11) is 0. The summed E-state index contributed by atoms with van der Waals surface area (Å²) in [5.74, 6) is 0. The van der Waals surface area contributed by atoms with Crippen LogP contribution in [0.2, 0.25) is 0 Å². The van der Waals surface area contributed by atoms with E-state index in [2.05, 4.69) is 108 Å². The zero-order valence-electron chi connectivity index (χ0n) is 10.9. The van der Waals surface area contributed by atoms with Crippen molar-refractivity contribution in [1.82, 2.24) is 0 Å². The number of rotatable bonds is 4. The van der Waals surface area contributed by atoms with E-state index in [-0.39, 0.29) is 0 Å². The lowest BCUT2D eigenvalue weighted by Gasteiger charge is -2.14. The summed E-state index contributed by atoms with van der Waals surface area (Å²) in [6.07, 6.45) is 0. The van der Waals surface area contributed by atoms with Crippen LogP contribution in [0.5, 0.6) is 0 Å². The molecule has 3 heteroatoms. The first kappa shape index (κ1) is 15.6.